The Morgan fingerprint density at radius 2 is 2.00 bits per heavy atom. The Bertz CT molecular complexity index is 931. The first kappa shape index (κ1) is 16.8. The van der Waals surface area contributed by atoms with E-state index in [1.807, 2.05) is 16.8 Å². The fraction of sp³-hybridized carbons (Fsp3) is 0.235. The number of halogens is 3. The van der Waals surface area contributed by atoms with Gasteiger partial charge in [0.25, 0.3) is 5.91 Å². The zero-order valence-corrected chi connectivity index (χ0v) is 14.0. The van der Waals surface area contributed by atoms with E-state index in [2.05, 4.69) is 10.1 Å². The predicted octanol–water partition coefficient (Wildman–Crippen LogP) is 4.06. The first-order valence-electron chi connectivity index (χ1n) is 7.75. The number of hydrogen-bond donors (Lipinski definition) is 0. The molecule has 2 aromatic heterocycles. The fourth-order valence-electron chi connectivity index (χ4n) is 2.80. The van der Waals surface area contributed by atoms with Gasteiger partial charge in [0, 0.05) is 24.0 Å². The maximum atomic E-state index is 13.1. The minimum absolute atomic E-state index is 0.170. The Kier molecular flexibility index (Phi) is 4.03. The number of rotatable bonds is 3. The summed E-state index contributed by atoms with van der Waals surface area (Å²) < 4.78 is 44.4. The molecule has 0 unspecified atom stereocenters. The van der Waals surface area contributed by atoms with Crippen LogP contribution in [0.1, 0.15) is 27.7 Å². The van der Waals surface area contributed by atoms with E-state index in [9.17, 15) is 18.0 Å². The lowest BCUT2D eigenvalue weighted by Gasteiger charge is -2.37. The molecule has 0 atom stereocenters. The number of aromatic nitrogens is 2. The van der Waals surface area contributed by atoms with E-state index in [0.29, 0.717) is 11.7 Å². The van der Waals surface area contributed by atoms with Crippen molar-refractivity contribution in [2.45, 2.75) is 12.1 Å². The van der Waals surface area contributed by atoms with Gasteiger partial charge in [-0.3, -0.25) is 4.79 Å². The smallest absolute Gasteiger partial charge is 0.339 e. The van der Waals surface area contributed by atoms with Gasteiger partial charge in [-0.1, -0.05) is 17.3 Å². The number of nitrogens with zero attached hydrogens (tertiary/aromatic N) is 3. The molecule has 0 N–H and O–H groups in total. The van der Waals surface area contributed by atoms with Gasteiger partial charge in [0.05, 0.1) is 17.0 Å². The van der Waals surface area contributed by atoms with Crippen LogP contribution in [0.15, 0.2) is 45.6 Å². The van der Waals surface area contributed by atoms with Gasteiger partial charge < -0.3 is 9.42 Å². The van der Waals surface area contributed by atoms with Crippen LogP contribution in [0.5, 0.6) is 0 Å². The minimum atomic E-state index is -4.57. The van der Waals surface area contributed by atoms with E-state index < -0.39 is 17.6 Å². The van der Waals surface area contributed by atoms with Gasteiger partial charge in [-0.25, -0.2) is 0 Å². The Hall–Kier alpha value is -2.68. The maximum absolute atomic E-state index is 13.1. The van der Waals surface area contributed by atoms with E-state index in [-0.39, 0.29) is 24.6 Å². The van der Waals surface area contributed by atoms with Gasteiger partial charge in [0.15, 0.2) is 0 Å². The second-order valence-electron chi connectivity index (χ2n) is 5.92. The number of thiophene rings is 1. The summed E-state index contributed by atoms with van der Waals surface area (Å²) in [5.41, 5.74) is -0.426. The monoisotopic (exact) mass is 379 g/mol. The Morgan fingerprint density at radius 3 is 2.69 bits per heavy atom. The average Bonchev–Trinajstić information content (AvgIpc) is 3.24. The van der Waals surface area contributed by atoms with Crippen LogP contribution in [0.2, 0.25) is 0 Å². The first-order valence-corrected chi connectivity index (χ1v) is 8.69. The third-order valence-corrected chi connectivity index (χ3v) is 4.89. The molecule has 5 nitrogen and oxygen atoms in total. The highest BCUT2D eigenvalue weighted by molar-refractivity contribution is 7.08. The standard InChI is InChI=1S/C17H12F3N3O2S/c18-17(19,20)13-4-2-1-3-12(13)16(24)23-7-11(8-23)15-21-14(22-25-15)10-5-6-26-9-10/h1-6,9,11H,7-8H2. The van der Waals surface area contributed by atoms with E-state index in [1.54, 1.807) is 0 Å². The summed E-state index contributed by atoms with van der Waals surface area (Å²) in [5.74, 6) is 0.0384. The molecule has 3 heterocycles. The second-order valence-corrected chi connectivity index (χ2v) is 6.70. The number of alkyl halides is 3. The van der Waals surface area contributed by atoms with E-state index in [1.165, 1.54) is 34.4 Å². The summed E-state index contributed by atoms with van der Waals surface area (Å²) in [6, 6.07) is 6.66. The first-order chi connectivity index (χ1) is 12.4. The van der Waals surface area contributed by atoms with Crippen molar-refractivity contribution >= 4 is 17.2 Å². The van der Waals surface area contributed by atoms with Crippen LogP contribution in [0, 0.1) is 0 Å². The SMILES string of the molecule is O=C(c1ccccc1C(F)(F)F)N1CC(c2nc(-c3ccsc3)no2)C1. The zero-order chi connectivity index (χ0) is 18.3. The summed E-state index contributed by atoms with van der Waals surface area (Å²) in [4.78, 5) is 18.1. The number of hydrogen-bond acceptors (Lipinski definition) is 5. The third kappa shape index (κ3) is 2.98. The highest BCUT2D eigenvalue weighted by Crippen LogP contribution is 2.34. The lowest BCUT2D eigenvalue weighted by molar-refractivity contribution is -0.138. The minimum Gasteiger partial charge on any atom is -0.339 e. The molecule has 1 aliphatic heterocycles. The van der Waals surface area contributed by atoms with Crippen molar-refractivity contribution in [3.05, 3.63) is 58.1 Å². The molecule has 4 rings (SSSR count). The van der Waals surface area contributed by atoms with E-state index in [0.717, 1.165) is 11.6 Å². The van der Waals surface area contributed by atoms with Crippen LogP contribution >= 0.6 is 11.3 Å². The van der Waals surface area contributed by atoms with Crippen molar-refractivity contribution in [1.29, 1.82) is 0 Å². The van der Waals surface area contributed by atoms with Crippen molar-refractivity contribution in [1.82, 2.24) is 15.0 Å². The molecule has 1 aliphatic rings. The number of carbonyl (C=O) groups excluding carboxylic acids is 1. The van der Waals surface area contributed by atoms with Gasteiger partial charge >= 0.3 is 6.18 Å². The molecule has 3 aromatic rings. The average molecular weight is 379 g/mol. The number of benzene rings is 1. The lowest BCUT2D eigenvalue weighted by Crippen LogP contribution is -2.49. The van der Waals surface area contributed by atoms with Crippen molar-refractivity contribution < 1.29 is 22.5 Å². The molecule has 1 amide bonds. The van der Waals surface area contributed by atoms with Gasteiger partial charge in [-0.2, -0.15) is 29.5 Å². The largest absolute Gasteiger partial charge is 0.417 e. The Balaban J connectivity index is 1.46. The van der Waals surface area contributed by atoms with Gasteiger partial charge in [-0.15, -0.1) is 0 Å². The lowest BCUT2D eigenvalue weighted by atomic mass is 9.97. The summed E-state index contributed by atoms with van der Waals surface area (Å²) in [5, 5.41) is 7.69. The molecule has 134 valence electrons. The number of likely N-dealkylation sites (tertiary alicyclic amines) is 1. The maximum Gasteiger partial charge on any atom is 0.417 e. The molecular weight excluding hydrogens is 367 g/mol. The summed E-state index contributed by atoms with van der Waals surface area (Å²) in [6.45, 7) is 0.493. The van der Waals surface area contributed by atoms with Crippen LogP contribution in [0.25, 0.3) is 11.4 Å². The Morgan fingerprint density at radius 1 is 1.23 bits per heavy atom. The fourth-order valence-corrected chi connectivity index (χ4v) is 3.43. The molecular formula is C17H12F3N3O2S. The predicted molar refractivity (Wildman–Crippen MR) is 87.7 cm³/mol. The normalized spacial score (nSPS) is 15.1. The number of carbonyl (C=O) groups is 1. The summed E-state index contributed by atoms with van der Waals surface area (Å²) in [7, 11) is 0. The van der Waals surface area contributed by atoms with Crippen LogP contribution in [-0.2, 0) is 6.18 Å². The highest BCUT2D eigenvalue weighted by atomic mass is 32.1. The molecule has 0 bridgehead atoms. The van der Waals surface area contributed by atoms with Crippen molar-refractivity contribution in [3.8, 4) is 11.4 Å². The van der Waals surface area contributed by atoms with Crippen LogP contribution in [0.3, 0.4) is 0 Å². The third-order valence-electron chi connectivity index (χ3n) is 4.20. The second kappa shape index (κ2) is 6.24. The topological polar surface area (TPSA) is 59.2 Å². The molecule has 0 aliphatic carbocycles. The molecule has 1 fully saturated rings. The van der Waals surface area contributed by atoms with Crippen molar-refractivity contribution in [3.63, 3.8) is 0 Å². The molecule has 0 saturated carbocycles. The van der Waals surface area contributed by atoms with Crippen LogP contribution in [-0.4, -0.2) is 34.0 Å². The van der Waals surface area contributed by atoms with Crippen LogP contribution < -0.4 is 0 Å². The molecule has 9 heteroatoms. The van der Waals surface area contributed by atoms with Crippen LogP contribution in [0.4, 0.5) is 13.2 Å². The van der Waals surface area contributed by atoms with Gasteiger partial charge in [0.2, 0.25) is 11.7 Å². The van der Waals surface area contributed by atoms with Gasteiger partial charge in [0.1, 0.15) is 0 Å². The Labute approximate surface area is 150 Å². The summed E-state index contributed by atoms with van der Waals surface area (Å²) >= 11 is 1.51. The molecule has 0 spiro atoms. The van der Waals surface area contributed by atoms with Crippen molar-refractivity contribution in [2.75, 3.05) is 13.1 Å². The molecule has 0 radical (unpaired) electrons. The highest BCUT2D eigenvalue weighted by Gasteiger charge is 2.40. The van der Waals surface area contributed by atoms with E-state index in [4.69, 9.17) is 4.52 Å². The van der Waals surface area contributed by atoms with Gasteiger partial charge in [-0.05, 0) is 23.6 Å². The summed E-state index contributed by atoms with van der Waals surface area (Å²) in [6.07, 6.45) is -4.57. The van der Waals surface area contributed by atoms with Crippen molar-refractivity contribution in [2.24, 2.45) is 0 Å². The molecule has 1 saturated heterocycles. The van der Waals surface area contributed by atoms with E-state index >= 15 is 0 Å². The number of amides is 1. The molecule has 26 heavy (non-hydrogen) atoms. The zero-order valence-electron chi connectivity index (χ0n) is 13.2. The molecule has 1 aromatic carbocycles. The quantitative estimate of drug-likeness (QED) is 0.689.